The van der Waals surface area contributed by atoms with Gasteiger partial charge < -0.3 is 9.64 Å². The molecule has 122 valence electrons. The molecule has 0 radical (unpaired) electrons. The molecule has 1 aliphatic heterocycles. The van der Waals surface area contributed by atoms with Crippen molar-refractivity contribution in [2.24, 2.45) is 5.92 Å². The van der Waals surface area contributed by atoms with Crippen LogP contribution in [0, 0.1) is 5.92 Å². The number of hydrogen-bond donors (Lipinski definition) is 0. The first kappa shape index (κ1) is 17.3. The zero-order chi connectivity index (χ0) is 17.1. The molecule has 0 atom stereocenters. The summed E-state index contributed by atoms with van der Waals surface area (Å²) in [5, 5.41) is 0.573. The summed E-state index contributed by atoms with van der Waals surface area (Å²) in [5.41, 5.74) is 2.06. The molecule has 23 heavy (non-hydrogen) atoms. The smallest absolute Gasteiger partial charge is 0.340 e. The van der Waals surface area contributed by atoms with Crippen molar-refractivity contribution >= 4 is 29.6 Å². The van der Waals surface area contributed by atoms with Crippen LogP contribution >= 0.6 is 11.6 Å². The molecule has 4 nitrogen and oxygen atoms in total. The minimum absolute atomic E-state index is 0.184. The molecule has 0 saturated carbocycles. The minimum atomic E-state index is -0.504. The second-order valence-corrected chi connectivity index (χ2v) is 6.31. The molecule has 1 heterocycles. The maximum absolute atomic E-state index is 12.7. The average Bonchev–Trinajstić information content (AvgIpc) is 2.71. The molecule has 1 amide bonds. The Kier molecular flexibility index (Phi) is 5.26. The number of amides is 1. The number of hydrogen-bond acceptors (Lipinski definition) is 3. The summed E-state index contributed by atoms with van der Waals surface area (Å²) in [7, 11) is 1.31. The van der Waals surface area contributed by atoms with Crippen LogP contribution in [0.3, 0.4) is 0 Å². The summed E-state index contributed by atoms with van der Waals surface area (Å²) in [4.78, 5) is 26.5. The quantitative estimate of drug-likeness (QED) is 0.624. The molecule has 0 aliphatic carbocycles. The molecular formula is C18H20ClNO3. The van der Waals surface area contributed by atoms with Crippen molar-refractivity contribution in [2.45, 2.75) is 20.8 Å². The monoisotopic (exact) mass is 333 g/mol. The van der Waals surface area contributed by atoms with Gasteiger partial charge in [-0.1, -0.05) is 37.6 Å². The fourth-order valence-electron chi connectivity index (χ4n) is 2.58. The van der Waals surface area contributed by atoms with Gasteiger partial charge in [0, 0.05) is 17.3 Å². The van der Waals surface area contributed by atoms with Crippen molar-refractivity contribution in [3.05, 3.63) is 51.7 Å². The van der Waals surface area contributed by atoms with Crippen LogP contribution in [0.15, 0.2) is 41.1 Å². The molecule has 0 bridgehead atoms. The Morgan fingerprint density at radius 3 is 2.65 bits per heavy atom. The summed E-state index contributed by atoms with van der Waals surface area (Å²) in [6.45, 7) is 6.37. The van der Waals surface area contributed by atoms with Crippen molar-refractivity contribution in [3.8, 4) is 0 Å². The SMILES string of the molecule is COC(=O)C1=C(C)N(CC(C)C)C(=O)C1=Cc1cccc(Cl)c1. The van der Waals surface area contributed by atoms with E-state index in [1.165, 1.54) is 7.11 Å². The second-order valence-electron chi connectivity index (χ2n) is 5.87. The number of nitrogens with zero attached hydrogens (tertiary/aromatic N) is 1. The molecule has 5 heteroatoms. The van der Waals surface area contributed by atoms with Gasteiger partial charge in [-0.25, -0.2) is 4.79 Å². The van der Waals surface area contributed by atoms with Crippen molar-refractivity contribution in [1.29, 1.82) is 0 Å². The molecule has 0 unspecified atom stereocenters. The largest absolute Gasteiger partial charge is 0.465 e. The van der Waals surface area contributed by atoms with Gasteiger partial charge in [-0.3, -0.25) is 4.79 Å². The molecule has 1 aromatic carbocycles. The van der Waals surface area contributed by atoms with Gasteiger partial charge in [-0.2, -0.15) is 0 Å². The van der Waals surface area contributed by atoms with E-state index in [4.69, 9.17) is 16.3 Å². The number of benzene rings is 1. The number of methoxy groups -OCH3 is 1. The summed E-state index contributed by atoms with van der Waals surface area (Å²) in [6, 6.07) is 7.14. The van der Waals surface area contributed by atoms with Gasteiger partial charge >= 0.3 is 5.97 Å². The van der Waals surface area contributed by atoms with E-state index in [-0.39, 0.29) is 5.91 Å². The van der Waals surface area contributed by atoms with Gasteiger partial charge in [0.15, 0.2) is 0 Å². The van der Waals surface area contributed by atoms with E-state index in [0.717, 1.165) is 5.56 Å². The maximum Gasteiger partial charge on any atom is 0.340 e. The van der Waals surface area contributed by atoms with Crippen LogP contribution in [0.5, 0.6) is 0 Å². The first-order chi connectivity index (χ1) is 10.8. The fourth-order valence-corrected chi connectivity index (χ4v) is 2.77. The first-order valence-corrected chi connectivity index (χ1v) is 7.81. The highest BCUT2D eigenvalue weighted by Crippen LogP contribution is 2.32. The Morgan fingerprint density at radius 1 is 1.39 bits per heavy atom. The molecule has 0 fully saturated rings. The Morgan fingerprint density at radius 2 is 2.09 bits per heavy atom. The van der Waals surface area contributed by atoms with E-state index >= 15 is 0 Å². The van der Waals surface area contributed by atoms with Gasteiger partial charge in [-0.15, -0.1) is 0 Å². The normalized spacial score (nSPS) is 16.7. The Hall–Kier alpha value is -2.07. The Labute approximate surface area is 141 Å². The van der Waals surface area contributed by atoms with Crippen LogP contribution in [0.1, 0.15) is 26.3 Å². The number of carbonyl (C=O) groups is 2. The molecule has 0 spiro atoms. The van der Waals surface area contributed by atoms with Crippen molar-refractivity contribution < 1.29 is 14.3 Å². The highest BCUT2D eigenvalue weighted by Gasteiger charge is 2.37. The Balaban J connectivity index is 2.52. The van der Waals surface area contributed by atoms with Crippen molar-refractivity contribution in [1.82, 2.24) is 4.90 Å². The summed E-state index contributed by atoms with van der Waals surface area (Å²) in [5.74, 6) is -0.398. The number of esters is 1. The maximum atomic E-state index is 12.7. The minimum Gasteiger partial charge on any atom is -0.465 e. The van der Waals surface area contributed by atoms with Crippen LogP contribution in [0.25, 0.3) is 6.08 Å². The van der Waals surface area contributed by atoms with E-state index in [1.54, 1.807) is 36.1 Å². The standard InChI is InChI=1S/C18H20ClNO3/c1-11(2)10-20-12(3)16(18(22)23-4)15(17(20)21)9-13-6-5-7-14(19)8-13/h5-9,11H,10H2,1-4H3. The summed E-state index contributed by atoms with van der Waals surface area (Å²) < 4.78 is 4.86. The van der Waals surface area contributed by atoms with Crippen LogP contribution in [-0.4, -0.2) is 30.4 Å². The topological polar surface area (TPSA) is 46.6 Å². The molecule has 0 aromatic heterocycles. The molecule has 1 aromatic rings. The van der Waals surface area contributed by atoms with Crippen LogP contribution in [0.2, 0.25) is 5.02 Å². The first-order valence-electron chi connectivity index (χ1n) is 7.43. The van der Waals surface area contributed by atoms with Gasteiger partial charge in [0.2, 0.25) is 0 Å². The highest BCUT2D eigenvalue weighted by molar-refractivity contribution is 6.30. The number of rotatable bonds is 4. The van der Waals surface area contributed by atoms with Gasteiger partial charge in [-0.05, 0) is 36.6 Å². The predicted octanol–water partition coefficient (Wildman–Crippen LogP) is 3.67. The molecule has 0 saturated heterocycles. The van der Waals surface area contributed by atoms with Gasteiger partial charge in [0.05, 0.1) is 18.3 Å². The van der Waals surface area contributed by atoms with Crippen LogP contribution < -0.4 is 0 Å². The van der Waals surface area contributed by atoms with Crippen molar-refractivity contribution in [3.63, 3.8) is 0 Å². The lowest BCUT2D eigenvalue weighted by molar-refractivity contribution is -0.136. The third-order valence-corrected chi connectivity index (χ3v) is 3.84. The van der Waals surface area contributed by atoms with Crippen LogP contribution in [-0.2, 0) is 14.3 Å². The zero-order valence-electron chi connectivity index (χ0n) is 13.7. The number of carbonyl (C=O) groups excluding carboxylic acids is 2. The van der Waals surface area contributed by atoms with Crippen molar-refractivity contribution in [2.75, 3.05) is 13.7 Å². The summed E-state index contributed by atoms with van der Waals surface area (Å²) in [6.07, 6.45) is 1.68. The lowest BCUT2D eigenvalue weighted by atomic mass is 10.0. The van der Waals surface area contributed by atoms with E-state index in [1.807, 2.05) is 19.9 Å². The molecule has 2 rings (SSSR count). The number of halogens is 1. The van der Waals surface area contributed by atoms with Gasteiger partial charge in [0.1, 0.15) is 0 Å². The van der Waals surface area contributed by atoms with E-state index in [9.17, 15) is 9.59 Å². The zero-order valence-corrected chi connectivity index (χ0v) is 14.5. The molecular weight excluding hydrogens is 314 g/mol. The van der Waals surface area contributed by atoms with E-state index < -0.39 is 5.97 Å². The third-order valence-electron chi connectivity index (χ3n) is 3.61. The van der Waals surface area contributed by atoms with E-state index in [0.29, 0.717) is 34.3 Å². The fraction of sp³-hybridized carbons (Fsp3) is 0.333. The Bertz CT molecular complexity index is 704. The number of allylic oxidation sites excluding steroid dienone is 1. The predicted molar refractivity (Wildman–Crippen MR) is 90.7 cm³/mol. The lowest BCUT2D eigenvalue weighted by Gasteiger charge is -2.19. The lowest BCUT2D eigenvalue weighted by Crippen LogP contribution is -2.28. The second kappa shape index (κ2) is 7.01. The average molecular weight is 334 g/mol. The highest BCUT2D eigenvalue weighted by atomic mass is 35.5. The molecule has 0 N–H and O–H groups in total. The van der Waals surface area contributed by atoms with Crippen LogP contribution in [0.4, 0.5) is 0 Å². The number of ether oxygens (including phenoxy) is 1. The molecule has 1 aliphatic rings. The summed E-state index contributed by atoms with van der Waals surface area (Å²) >= 11 is 5.99. The van der Waals surface area contributed by atoms with Gasteiger partial charge in [0.25, 0.3) is 5.91 Å². The van der Waals surface area contributed by atoms with E-state index in [2.05, 4.69) is 0 Å². The third kappa shape index (κ3) is 3.64.